The van der Waals surface area contributed by atoms with Gasteiger partial charge in [-0.2, -0.15) is 0 Å². The number of rotatable bonds is 4. The monoisotopic (exact) mass is 341 g/mol. The van der Waals surface area contributed by atoms with Gasteiger partial charge in [-0.05, 0) is 42.3 Å². The Labute approximate surface area is 140 Å². The van der Waals surface area contributed by atoms with E-state index in [4.69, 9.17) is 0 Å². The van der Waals surface area contributed by atoms with Gasteiger partial charge in [-0.3, -0.25) is 4.72 Å². The molecule has 0 spiro atoms. The molecule has 0 fully saturated rings. The largest absolute Gasteiger partial charge is 0.279 e. The minimum atomic E-state index is -3.80. The molecule has 0 saturated heterocycles. The molecule has 24 heavy (non-hydrogen) atoms. The number of halogens is 1. The molecular formula is C19H16FNO2S. The molecule has 122 valence electrons. The van der Waals surface area contributed by atoms with Crippen LogP contribution in [0.15, 0.2) is 77.7 Å². The van der Waals surface area contributed by atoms with Crippen molar-refractivity contribution >= 4 is 15.7 Å². The van der Waals surface area contributed by atoms with Gasteiger partial charge in [0.1, 0.15) is 5.82 Å². The number of para-hydroxylation sites is 1. The predicted molar refractivity (Wildman–Crippen MR) is 93.8 cm³/mol. The van der Waals surface area contributed by atoms with Gasteiger partial charge in [0.05, 0.1) is 10.6 Å². The summed E-state index contributed by atoms with van der Waals surface area (Å²) in [6.45, 7) is 1.53. The van der Waals surface area contributed by atoms with Crippen LogP contribution in [0.1, 0.15) is 5.56 Å². The Morgan fingerprint density at radius 2 is 1.54 bits per heavy atom. The normalized spacial score (nSPS) is 11.2. The summed E-state index contributed by atoms with van der Waals surface area (Å²) in [6, 6.07) is 20.4. The van der Waals surface area contributed by atoms with Gasteiger partial charge in [-0.1, -0.05) is 48.5 Å². The molecule has 0 atom stereocenters. The summed E-state index contributed by atoms with van der Waals surface area (Å²) >= 11 is 0. The maximum Gasteiger partial charge on any atom is 0.261 e. The smallest absolute Gasteiger partial charge is 0.261 e. The fraction of sp³-hybridized carbons (Fsp3) is 0.0526. The number of hydrogen-bond acceptors (Lipinski definition) is 2. The first-order valence-corrected chi connectivity index (χ1v) is 8.89. The third-order valence-corrected chi connectivity index (χ3v) is 5.06. The molecule has 0 saturated carbocycles. The van der Waals surface area contributed by atoms with Crippen LogP contribution in [0, 0.1) is 12.7 Å². The molecule has 0 aromatic heterocycles. The van der Waals surface area contributed by atoms with Gasteiger partial charge in [-0.15, -0.1) is 0 Å². The lowest BCUT2D eigenvalue weighted by molar-refractivity contribution is 0.598. The Morgan fingerprint density at radius 3 is 2.25 bits per heavy atom. The average Bonchev–Trinajstić information content (AvgIpc) is 2.58. The standard InChI is InChI=1S/C19H16FNO2S/c1-14-13-16(11-12-18(14)20)24(22,23)21-19-10-6-5-9-17(19)15-7-3-2-4-8-15/h2-13,21H,1H3. The fourth-order valence-corrected chi connectivity index (χ4v) is 3.59. The van der Waals surface area contributed by atoms with E-state index in [1.54, 1.807) is 12.1 Å². The molecule has 0 aliphatic rings. The van der Waals surface area contributed by atoms with E-state index in [0.717, 1.165) is 17.2 Å². The van der Waals surface area contributed by atoms with E-state index in [9.17, 15) is 12.8 Å². The van der Waals surface area contributed by atoms with Crippen LogP contribution >= 0.6 is 0 Å². The van der Waals surface area contributed by atoms with Gasteiger partial charge in [0.15, 0.2) is 0 Å². The highest BCUT2D eigenvalue weighted by molar-refractivity contribution is 7.92. The minimum Gasteiger partial charge on any atom is -0.279 e. The molecule has 0 heterocycles. The van der Waals surface area contributed by atoms with Crippen molar-refractivity contribution in [1.29, 1.82) is 0 Å². The lowest BCUT2D eigenvalue weighted by Crippen LogP contribution is -2.14. The maximum absolute atomic E-state index is 13.4. The molecule has 5 heteroatoms. The minimum absolute atomic E-state index is 0.0317. The molecule has 3 nitrogen and oxygen atoms in total. The van der Waals surface area contributed by atoms with E-state index >= 15 is 0 Å². The van der Waals surface area contributed by atoms with Gasteiger partial charge in [0, 0.05) is 5.56 Å². The third-order valence-electron chi connectivity index (χ3n) is 3.70. The highest BCUT2D eigenvalue weighted by Gasteiger charge is 2.17. The van der Waals surface area contributed by atoms with Crippen LogP contribution in [0.2, 0.25) is 0 Å². The van der Waals surface area contributed by atoms with E-state index in [1.807, 2.05) is 42.5 Å². The topological polar surface area (TPSA) is 46.2 Å². The van der Waals surface area contributed by atoms with Crippen LogP contribution in [0.25, 0.3) is 11.1 Å². The van der Waals surface area contributed by atoms with Crippen molar-refractivity contribution < 1.29 is 12.8 Å². The zero-order chi connectivity index (χ0) is 17.2. The third kappa shape index (κ3) is 3.31. The molecule has 0 aliphatic carbocycles. The van der Waals surface area contributed by atoms with Crippen molar-refractivity contribution in [3.05, 3.63) is 84.2 Å². The summed E-state index contributed by atoms with van der Waals surface area (Å²) in [7, 11) is -3.80. The molecule has 0 amide bonds. The number of sulfonamides is 1. The number of hydrogen-bond donors (Lipinski definition) is 1. The summed E-state index contributed by atoms with van der Waals surface area (Å²) in [5.41, 5.74) is 2.45. The van der Waals surface area contributed by atoms with Gasteiger partial charge < -0.3 is 0 Å². The van der Waals surface area contributed by atoms with Crippen LogP contribution in [0.3, 0.4) is 0 Å². The zero-order valence-electron chi connectivity index (χ0n) is 13.0. The Hall–Kier alpha value is -2.66. The SMILES string of the molecule is Cc1cc(S(=O)(=O)Nc2ccccc2-c2ccccc2)ccc1F. The average molecular weight is 341 g/mol. The Bertz CT molecular complexity index is 970. The summed E-state index contributed by atoms with van der Waals surface area (Å²) in [6.07, 6.45) is 0. The van der Waals surface area contributed by atoms with Gasteiger partial charge >= 0.3 is 0 Å². The molecular weight excluding hydrogens is 325 g/mol. The zero-order valence-corrected chi connectivity index (χ0v) is 13.8. The van der Waals surface area contributed by atoms with Gasteiger partial charge in [0.2, 0.25) is 0 Å². The number of anilines is 1. The Morgan fingerprint density at radius 1 is 0.875 bits per heavy atom. The number of nitrogens with one attached hydrogen (secondary N) is 1. The molecule has 3 aromatic rings. The second-order valence-corrected chi connectivity index (χ2v) is 7.11. The second-order valence-electron chi connectivity index (χ2n) is 5.43. The lowest BCUT2D eigenvalue weighted by Gasteiger charge is -2.13. The molecule has 3 rings (SSSR count). The van der Waals surface area contributed by atoms with Crippen molar-refractivity contribution in [1.82, 2.24) is 0 Å². The van der Waals surface area contributed by atoms with Gasteiger partial charge in [0.25, 0.3) is 10.0 Å². The van der Waals surface area contributed by atoms with Crippen LogP contribution in [-0.4, -0.2) is 8.42 Å². The molecule has 3 aromatic carbocycles. The van der Waals surface area contributed by atoms with E-state index in [2.05, 4.69) is 4.72 Å². The molecule has 1 N–H and O–H groups in total. The van der Waals surface area contributed by atoms with Crippen molar-refractivity contribution in [2.24, 2.45) is 0 Å². The summed E-state index contributed by atoms with van der Waals surface area (Å²) in [5.74, 6) is -0.432. The van der Waals surface area contributed by atoms with Crippen molar-refractivity contribution in [2.75, 3.05) is 4.72 Å². The summed E-state index contributed by atoms with van der Waals surface area (Å²) < 4.78 is 41.2. The second kappa shape index (κ2) is 6.45. The molecule has 0 bridgehead atoms. The highest BCUT2D eigenvalue weighted by Crippen LogP contribution is 2.29. The van der Waals surface area contributed by atoms with Crippen molar-refractivity contribution in [2.45, 2.75) is 11.8 Å². The van der Waals surface area contributed by atoms with E-state index in [-0.39, 0.29) is 10.5 Å². The molecule has 0 radical (unpaired) electrons. The first-order chi connectivity index (χ1) is 11.5. The first kappa shape index (κ1) is 16.2. The van der Waals surface area contributed by atoms with Crippen LogP contribution in [0.4, 0.5) is 10.1 Å². The van der Waals surface area contributed by atoms with Crippen LogP contribution < -0.4 is 4.72 Å². The van der Waals surface area contributed by atoms with Crippen LogP contribution in [-0.2, 0) is 10.0 Å². The Balaban J connectivity index is 2.01. The van der Waals surface area contributed by atoms with E-state index in [1.165, 1.54) is 19.1 Å². The first-order valence-electron chi connectivity index (χ1n) is 7.41. The van der Waals surface area contributed by atoms with Gasteiger partial charge in [-0.25, -0.2) is 12.8 Å². The van der Waals surface area contributed by atoms with Crippen molar-refractivity contribution in [3.8, 4) is 11.1 Å². The highest BCUT2D eigenvalue weighted by atomic mass is 32.2. The summed E-state index contributed by atoms with van der Waals surface area (Å²) in [5, 5.41) is 0. The fourth-order valence-electron chi connectivity index (χ4n) is 2.43. The number of benzene rings is 3. The Kier molecular flexibility index (Phi) is 4.36. The molecule has 0 unspecified atom stereocenters. The van der Waals surface area contributed by atoms with E-state index < -0.39 is 15.8 Å². The maximum atomic E-state index is 13.4. The summed E-state index contributed by atoms with van der Waals surface area (Å²) in [4.78, 5) is 0.0317. The number of aryl methyl sites for hydroxylation is 1. The van der Waals surface area contributed by atoms with E-state index in [0.29, 0.717) is 5.69 Å². The quantitative estimate of drug-likeness (QED) is 0.754. The lowest BCUT2D eigenvalue weighted by atomic mass is 10.0. The van der Waals surface area contributed by atoms with Crippen molar-refractivity contribution in [3.63, 3.8) is 0 Å². The molecule has 0 aliphatic heterocycles. The predicted octanol–water partition coefficient (Wildman–Crippen LogP) is 4.60. The van der Waals surface area contributed by atoms with Crippen LogP contribution in [0.5, 0.6) is 0 Å².